The molecule has 1 aromatic rings. The van der Waals surface area contributed by atoms with Crippen LogP contribution in [0.4, 0.5) is 0 Å². The van der Waals surface area contributed by atoms with Crippen molar-refractivity contribution in [2.75, 3.05) is 13.1 Å². The van der Waals surface area contributed by atoms with E-state index in [2.05, 4.69) is 34.4 Å². The van der Waals surface area contributed by atoms with Gasteiger partial charge in [-0.25, -0.2) is 0 Å². The molecule has 0 aromatic carbocycles. The normalized spacial score (nSPS) is 28.5. The summed E-state index contributed by atoms with van der Waals surface area (Å²) in [7, 11) is 1.92. The van der Waals surface area contributed by atoms with Gasteiger partial charge in [0.15, 0.2) is 0 Å². The van der Waals surface area contributed by atoms with Gasteiger partial charge in [-0.05, 0) is 32.6 Å². The van der Waals surface area contributed by atoms with Crippen LogP contribution in [0, 0.1) is 5.92 Å². The molecular formula is C13H23N5. The Labute approximate surface area is 109 Å². The van der Waals surface area contributed by atoms with Crippen LogP contribution in [-0.2, 0) is 13.6 Å². The fourth-order valence-corrected chi connectivity index (χ4v) is 2.80. The first-order valence-corrected chi connectivity index (χ1v) is 6.88. The molecule has 1 N–H and O–H groups in total. The molecule has 2 fully saturated rings. The topological polar surface area (TPSA) is 46.0 Å². The van der Waals surface area contributed by atoms with Crippen molar-refractivity contribution >= 4 is 0 Å². The first kappa shape index (κ1) is 12.1. The molecule has 2 aliphatic rings. The zero-order valence-electron chi connectivity index (χ0n) is 11.6. The molecule has 0 bridgehead atoms. The van der Waals surface area contributed by atoms with Gasteiger partial charge in [0.1, 0.15) is 0 Å². The van der Waals surface area contributed by atoms with Gasteiger partial charge in [0, 0.05) is 44.5 Å². The summed E-state index contributed by atoms with van der Waals surface area (Å²) in [5.41, 5.74) is 1.27. The van der Waals surface area contributed by atoms with Crippen LogP contribution in [0.5, 0.6) is 0 Å². The van der Waals surface area contributed by atoms with Crippen LogP contribution < -0.4 is 5.32 Å². The highest BCUT2D eigenvalue weighted by Crippen LogP contribution is 2.35. The molecule has 1 saturated heterocycles. The highest BCUT2D eigenvalue weighted by Gasteiger charge is 2.40. The summed E-state index contributed by atoms with van der Waals surface area (Å²) < 4.78 is 1.78. The molecule has 0 radical (unpaired) electrons. The first-order chi connectivity index (χ1) is 8.54. The van der Waals surface area contributed by atoms with Crippen molar-refractivity contribution in [2.24, 2.45) is 13.0 Å². The van der Waals surface area contributed by atoms with Gasteiger partial charge in [-0.2, -0.15) is 0 Å². The summed E-state index contributed by atoms with van der Waals surface area (Å²) in [6.45, 7) is 7.72. The predicted molar refractivity (Wildman–Crippen MR) is 70.0 cm³/mol. The van der Waals surface area contributed by atoms with E-state index in [1.165, 1.54) is 12.8 Å². The molecule has 1 aliphatic heterocycles. The molecule has 18 heavy (non-hydrogen) atoms. The van der Waals surface area contributed by atoms with E-state index in [9.17, 15) is 0 Å². The summed E-state index contributed by atoms with van der Waals surface area (Å²) in [5.74, 6) is 0.908. The van der Waals surface area contributed by atoms with Gasteiger partial charge in [-0.15, -0.1) is 5.10 Å². The molecule has 1 atom stereocenters. The molecule has 1 aliphatic carbocycles. The second-order valence-electron chi connectivity index (χ2n) is 6.40. The van der Waals surface area contributed by atoms with E-state index < -0.39 is 0 Å². The maximum Gasteiger partial charge on any atom is 0.0967 e. The van der Waals surface area contributed by atoms with Gasteiger partial charge in [-0.3, -0.25) is 9.58 Å². The average Bonchev–Trinajstić information content (AvgIpc) is 3.06. The number of piperazine rings is 1. The largest absolute Gasteiger partial charge is 0.311 e. The van der Waals surface area contributed by atoms with Crippen molar-refractivity contribution < 1.29 is 0 Å². The quantitative estimate of drug-likeness (QED) is 0.860. The van der Waals surface area contributed by atoms with Crippen LogP contribution in [0.2, 0.25) is 0 Å². The summed E-state index contributed by atoms with van der Waals surface area (Å²) in [6, 6.07) is 0.676. The van der Waals surface area contributed by atoms with Crippen LogP contribution >= 0.6 is 0 Å². The SMILES string of the molecule is Cn1cc(CN2CC(C3CC3)NCC2(C)C)nn1. The number of nitrogens with zero attached hydrogens (tertiary/aromatic N) is 4. The lowest BCUT2D eigenvalue weighted by Gasteiger charge is -2.46. The maximum absolute atomic E-state index is 4.21. The average molecular weight is 249 g/mol. The van der Waals surface area contributed by atoms with Gasteiger partial charge in [0.05, 0.1) is 5.69 Å². The number of aryl methyl sites for hydroxylation is 1. The van der Waals surface area contributed by atoms with E-state index in [1.54, 1.807) is 4.68 Å². The monoisotopic (exact) mass is 249 g/mol. The third-order valence-electron chi connectivity index (χ3n) is 4.26. The summed E-state index contributed by atoms with van der Waals surface area (Å²) in [5, 5.41) is 11.9. The minimum absolute atomic E-state index is 0.197. The molecule has 2 heterocycles. The van der Waals surface area contributed by atoms with E-state index in [-0.39, 0.29) is 5.54 Å². The minimum atomic E-state index is 0.197. The number of aromatic nitrogens is 3. The number of rotatable bonds is 3. The Hall–Kier alpha value is -0.940. The van der Waals surface area contributed by atoms with Crippen molar-refractivity contribution in [3.05, 3.63) is 11.9 Å². The Morgan fingerprint density at radius 1 is 1.44 bits per heavy atom. The van der Waals surface area contributed by atoms with Crippen LogP contribution in [0.3, 0.4) is 0 Å². The van der Waals surface area contributed by atoms with Crippen molar-refractivity contribution in [3.8, 4) is 0 Å². The van der Waals surface area contributed by atoms with E-state index >= 15 is 0 Å². The molecule has 0 amide bonds. The second-order valence-corrected chi connectivity index (χ2v) is 6.40. The molecule has 1 unspecified atom stereocenters. The Morgan fingerprint density at radius 3 is 2.83 bits per heavy atom. The molecule has 5 nitrogen and oxygen atoms in total. The molecule has 100 valence electrons. The Balaban J connectivity index is 1.70. The van der Waals surface area contributed by atoms with E-state index in [0.29, 0.717) is 6.04 Å². The molecule has 1 aromatic heterocycles. The summed E-state index contributed by atoms with van der Waals surface area (Å²) >= 11 is 0. The van der Waals surface area contributed by atoms with E-state index in [1.807, 2.05) is 13.2 Å². The molecule has 0 spiro atoms. The Kier molecular flexibility index (Phi) is 2.90. The molecular weight excluding hydrogens is 226 g/mol. The number of nitrogens with one attached hydrogen (secondary N) is 1. The smallest absolute Gasteiger partial charge is 0.0967 e. The first-order valence-electron chi connectivity index (χ1n) is 6.88. The van der Waals surface area contributed by atoms with Crippen molar-refractivity contribution in [3.63, 3.8) is 0 Å². The van der Waals surface area contributed by atoms with Crippen molar-refractivity contribution in [2.45, 2.75) is 44.8 Å². The third kappa shape index (κ3) is 2.42. The fraction of sp³-hybridized carbons (Fsp3) is 0.846. The molecule has 3 rings (SSSR count). The van der Waals surface area contributed by atoms with Gasteiger partial charge >= 0.3 is 0 Å². The van der Waals surface area contributed by atoms with Crippen molar-refractivity contribution in [1.82, 2.24) is 25.2 Å². The number of hydrogen-bond donors (Lipinski definition) is 1. The highest BCUT2D eigenvalue weighted by molar-refractivity contribution is 5.01. The minimum Gasteiger partial charge on any atom is -0.311 e. The lowest BCUT2D eigenvalue weighted by Crippen LogP contribution is -2.62. The third-order valence-corrected chi connectivity index (χ3v) is 4.26. The lowest BCUT2D eigenvalue weighted by molar-refractivity contribution is 0.0522. The fourth-order valence-electron chi connectivity index (χ4n) is 2.80. The van der Waals surface area contributed by atoms with E-state index in [4.69, 9.17) is 0 Å². The zero-order valence-corrected chi connectivity index (χ0v) is 11.6. The maximum atomic E-state index is 4.21. The molecule has 1 saturated carbocycles. The second kappa shape index (κ2) is 4.31. The summed E-state index contributed by atoms with van der Waals surface area (Å²) in [6.07, 6.45) is 4.82. The lowest BCUT2D eigenvalue weighted by atomic mass is 9.95. The van der Waals surface area contributed by atoms with E-state index in [0.717, 1.165) is 31.2 Å². The van der Waals surface area contributed by atoms with Crippen molar-refractivity contribution in [1.29, 1.82) is 0 Å². The van der Waals surface area contributed by atoms with Crippen LogP contribution in [0.25, 0.3) is 0 Å². The summed E-state index contributed by atoms with van der Waals surface area (Å²) in [4.78, 5) is 2.55. The van der Waals surface area contributed by atoms with Crippen LogP contribution in [0.1, 0.15) is 32.4 Å². The predicted octanol–water partition coefficient (Wildman–Crippen LogP) is 0.777. The standard InChI is InChI=1S/C13H23N5/c1-13(2)9-14-12(10-4-5-10)8-18(13)7-11-6-17(3)16-15-11/h6,10,12,14H,4-5,7-9H2,1-3H3. The van der Waals surface area contributed by atoms with Gasteiger partial charge in [0.25, 0.3) is 0 Å². The Morgan fingerprint density at radius 2 is 2.22 bits per heavy atom. The molecule has 5 heteroatoms. The van der Waals surface area contributed by atoms with Gasteiger partial charge < -0.3 is 5.32 Å². The Bertz CT molecular complexity index is 421. The zero-order chi connectivity index (χ0) is 12.8. The highest BCUT2D eigenvalue weighted by atomic mass is 15.4. The van der Waals surface area contributed by atoms with Gasteiger partial charge in [-0.1, -0.05) is 5.21 Å². The number of hydrogen-bond acceptors (Lipinski definition) is 4. The van der Waals surface area contributed by atoms with Crippen LogP contribution in [-0.4, -0.2) is 44.6 Å². The van der Waals surface area contributed by atoms with Gasteiger partial charge in [0.2, 0.25) is 0 Å². The van der Waals surface area contributed by atoms with Crippen LogP contribution in [0.15, 0.2) is 6.20 Å².